The molecule has 0 bridgehead atoms. The van der Waals surface area contributed by atoms with Crippen molar-refractivity contribution in [1.82, 2.24) is 0 Å². The van der Waals surface area contributed by atoms with Crippen molar-refractivity contribution in [3.8, 4) is 0 Å². The summed E-state index contributed by atoms with van der Waals surface area (Å²) in [6.07, 6.45) is 49.2. The third-order valence-electron chi connectivity index (χ3n) is 10.7. The zero-order valence-electron chi connectivity index (χ0n) is 34.6. The molecule has 0 aromatic carbocycles. The van der Waals surface area contributed by atoms with E-state index in [9.17, 15) is 14.7 Å². The molecule has 1 atom stereocenters. The lowest BCUT2D eigenvalue weighted by molar-refractivity contribution is -0.161. The summed E-state index contributed by atoms with van der Waals surface area (Å²) < 4.78 is 10.6. The predicted octanol–water partition coefficient (Wildman–Crippen LogP) is 14.7. The highest BCUT2D eigenvalue weighted by Crippen LogP contribution is 2.17. The molecule has 5 nitrogen and oxygen atoms in total. The Kier molecular flexibility index (Phi) is 42.4. The summed E-state index contributed by atoms with van der Waals surface area (Å²) in [5.41, 5.74) is 0. The van der Waals surface area contributed by atoms with E-state index in [1.165, 1.54) is 199 Å². The summed E-state index contributed by atoms with van der Waals surface area (Å²) >= 11 is 0. The molecule has 0 aliphatic heterocycles. The molecule has 1 unspecified atom stereocenters. The summed E-state index contributed by atoms with van der Waals surface area (Å²) in [4.78, 5) is 24.2. The fourth-order valence-corrected chi connectivity index (χ4v) is 7.15. The molecule has 0 amide bonds. The zero-order valence-corrected chi connectivity index (χ0v) is 34.6. The van der Waals surface area contributed by atoms with Crippen molar-refractivity contribution in [2.24, 2.45) is 0 Å². The number of rotatable bonds is 43. The van der Waals surface area contributed by atoms with E-state index in [4.69, 9.17) is 9.47 Å². The van der Waals surface area contributed by atoms with Gasteiger partial charge in [-0.15, -0.1) is 0 Å². The Bertz CT molecular complexity index is 695. The number of hydrogen-bond donors (Lipinski definition) is 1. The molecule has 0 fully saturated rings. The van der Waals surface area contributed by atoms with Crippen LogP contribution in [0.3, 0.4) is 0 Å². The standard InChI is InChI=1S/C46H90O5/c1-3-5-7-9-11-13-15-16-17-18-19-20-21-22-23-24-25-26-27-28-29-30-31-33-35-37-39-41-46(49)51-44(42-47)43-50-45(48)40-38-36-34-32-14-12-10-8-6-4-2/h44,47H,3-43H2,1-2H3. The number of carbonyl (C=O) groups is 2. The van der Waals surface area contributed by atoms with Crippen LogP contribution in [0.1, 0.15) is 264 Å². The summed E-state index contributed by atoms with van der Waals surface area (Å²) in [5, 5.41) is 9.56. The molecule has 0 spiro atoms. The quantitative estimate of drug-likeness (QED) is 0.0501. The Balaban J connectivity index is 3.38. The van der Waals surface area contributed by atoms with E-state index in [0.29, 0.717) is 12.8 Å². The number of hydrogen-bond acceptors (Lipinski definition) is 5. The van der Waals surface area contributed by atoms with Crippen LogP contribution in [0.4, 0.5) is 0 Å². The van der Waals surface area contributed by atoms with E-state index < -0.39 is 6.10 Å². The Morgan fingerprint density at radius 2 is 0.608 bits per heavy atom. The average Bonchev–Trinajstić information content (AvgIpc) is 3.13. The third-order valence-corrected chi connectivity index (χ3v) is 10.7. The van der Waals surface area contributed by atoms with Crippen molar-refractivity contribution in [3.05, 3.63) is 0 Å². The smallest absolute Gasteiger partial charge is 0.306 e. The van der Waals surface area contributed by atoms with E-state index in [2.05, 4.69) is 13.8 Å². The monoisotopic (exact) mass is 723 g/mol. The van der Waals surface area contributed by atoms with Crippen molar-refractivity contribution in [2.75, 3.05) is 13.2 Å². The maximum Gasteiger partial charge on any atom is 0.306 e. The molecule has 5 heteroatoms. The first-order valence-corrected chi connectivity index (χ1v) is 23.1. The number of aliphatic hydroxyl groups excluding tert-OH is 1. The van der Waals surface area contributed by atoms with Gasteiger partial charge >= 0.3 is 11.9 Å². The van der Waals surface area contributed by atoms with Crippen LogP contribution in [-0.4, -0.2) is 36.4 Å². The number of ether oxygens (including phenoxy) is 2. The SMILES string of the molecule is CCCCCCCCCCCCCCCCCCCCCCCCCCCCCC(=O)OC(CO)COC(=O)CCCCCCCCCCCC. The molecule has 1 N–H and O–H groups in total. The van der Waals surface area contributed by atoms with Crippen LogP contribution in [0.2, 0.25) is 0 Å². The van der Waals surface area contributed by atoms with Crippen LogP contribution in [0.5, 0.6) is 0 Å². The average molecular weight is 723 g/mol. The van der Waals surface area contributed by atoms with Gasteiger partial charge in [-0.1, -0.05) is 239 Å². The van der Waals surface area contributed by atoms with E-state index in [-0.39, 0.29) is 25.2 Å². The highest BCUT2D eigenvalue weighted by atomic mass is 16.6. The second-order valence-electron chi connectivity index (χ2n) is 15.9. The van der Waals surface area contributed by atoms with E-state index in [1.807, 2.05) is 0 Å². The van der Waals surface area contributed by atoms with E-state index >= 15 is 0 Å². The number of carbonyl (C=O) groups excluding carboxylic acids is 2. The van der Waals surface area contributed by atoms with Crippen LogP contribution >= 0.6 is 0 Å². The van der Waals surface area contributed by atoms with E-state index in [0.717, 1.165) is 38.5 Å². The van der Waals surface area contributed by atoms with Crippen molar-refractivity contribution in [3.63, 3.8) is 0 Å². The Morgan fingerprint density at radius 3 is 0.863 bits per heavy atom. The molecule has 304 valence electrons. The van der Waals surface area contributed by atoms with Gasteiger partial charge in [0.1, 0.15) is 6.61 Å². The minimum atomic E-state index is -0.761. The molecule has 0 rings (SSSR count). The summed E-state index contributed by atoms with van der Waals surface area (Å²) in [6, 6.07) is 0. The summed E-state index contributed by atoms with van der Waals surface area (Å²) in [6.45, 7) is 4.16. The van der Waals surface area contributed by atoms with Gasteiger partial charge in [0.05, 0.1) is 6.61 Å². The molecule has 0 saturated heterocycles. The number of aliphatic hydroxyl groups is 1. The second-order valence-corrected chi connectivity index (χ2v) is 15.9. The topological polar surface area (TPSA) is 72.8 Å². The van der Waals surface area contributed by atoms with Crippen molar-refractivity contribution in [1.29, 1.82) is 0 Å². The van der Waals surface area contributed by atoms with Crippen LogP contribution < -0.4 is 0 Å². The zero-order chi connectivity index (χ0) is 37.1. The van der Waals surface area contributed by atoms with Gasteiger partial charge in [0.2, 0.25) is 0 Å². The molecule has 0 saturated carbocycles. The molecule has 51 heavy (non-hydrogen) atoms. The first-order valence-electron chi connectivity index (χ1n) is 23.1. The van der Waals surface area contributed by atoms with Gasteiger partial charge < -0.3 is 14.6 Å². The molecule has 0 radical (unpaired) electrons. The summed E-state index contributed by atoms with van der Waals surface area (Å²) in [7, 11) is 0. The molecule has 0 heterocycles. The number of esters is 2. The lowest BCUT2D eigenvalue weighted by Crippen LogP contribution is -2.28. The van der Waals surface area contributed by atoms with Gasteiger partial charge in [-0.3, -0.25) is 9.59 Å². The fourth-order valence-electron chi connectivity index (χ4n) is 7.15. The highest BCUT2D eigenvalue weighted by molar-refractivity contribution is 5.70. The van der Waals surface area contributed by atoms with Crippen molar-refractivity contribution >= 4 is 11.9 Å². The third kappa shape index (κ3) is 41.5. The van der Waals surface area contributed by atoms with Gasteiger partial charge in [-0.05, 0) is 12.8 Å². The molecule has 0 aliphatic rings. The Hall–Kier alpha value is -1.10. The minimum Gasteiger partial charge on any atom is -0.462 e. The lowest BCUT2D eigenvalue weighted by atomic mass is 10.0. The second kappa shape index (κ2) is 43.3. The van der Waals surface area contributed by atoms with Crippen LogP contribution in [-0.2, 0) is 19.1 Å². The maximum atomic E-state index is 12.2. The van der Waals surface area contributed by atoms with Gasteiger partial charge in [-0.2, -0.15) is 0 Å². The van der Waals surface area contributed by atoms with Gasteiger partial charge in [-0.25, -0.2) is 0 Å². The highest BCUT2D eigenvalue weighted by Gasteiger charge is 2.16. The normalized spacial score (nSPS) is 12.0. The predicted molar refractivity (Wildman–Crippen MR) is 219 cm³/mol. The Labute approximate surface area is 319 Å². The maximum absolute atomic E-state index is 12.2. The van der Waals surface area contributed by atoms with Crippen molar-refractivity contribution in [2.45, 2.75) is 270 Å². The van der Waals surface area contributed by atoms with Gasteiger partial charge in [0.25, 0.3) is 0 Å². The first kappa shape index (κ1) is 49.9. The molecule has 0 aromatic heterocycles. The van der Waals surface area contributed by atoms with E-state index in [1.54, 1.807) is 0 Å². The molecule has 0 aromatic rings. The fraction of sp³-hybridized carbons (Fsp3) is 0.957. The largest absolute Gasteiger partial charge is 0.462 e. The van der Waals surface area contributed by atoms with Crippen molar-refractivity contribution < 1.29 is 24.2 Å². The van der Waals surface area contributed by atoms with Crippen LogP contribution in [0.15, 0.2) is 0 Å². The first-order chi connectivity index (χ1) is 25.1. The minimum absolute atomic E-state index is 0.0572. The molecular formula is C46H90O5. The Morgan fingerprint density at radius 1 is 0.373 bits per heavy atom. The van der Waals surface area contributed by atoms with Gasteiger partial charge in [0.15, 0.2) is 6.10 Å². The lowest BCUT2D eigenvalue weighted by Gasteiger charge is -2.15. The van der Waals surface area contributed by atoms with Crippen LogP contribution in [0, 0.1) is 0 Å². The van der Waals surface area contributed by atoms with Gasteiger partial charge in [0, 0.05) is 12.8 Å². The molecule has 0 aliphatic carbocycles. The van der Waals surface area contributed by atoms with Crippen LogP contribution in [0.25, 0.3) is 0 Å². The summed E-state index contributed by atoms with van der Waals surface area (Å²) in [5.74, 6) is -0.575. The molecular weight excluding hydrogens is 633 g/mol. The number of unbranched alkanes of at least 4 members (excludes halogenated alkanes) is 35.